The third kappa shape index (κ3) is 6.76. The smallest absolute Gasteiger partial charge is 0.251 e. The summed E-state index contributed by atoms with van der Waals surface area (Å²) >= 11 is 1.57. The predicted octanol–water partition coefficient (Wildman–Crippen LogP) is 4.30. The van der Waals surface area contributed by atoms with E-state index in [4.69, 9.17) is 5.73 Å². The number of nitrogens with zero attached hydrogens (tertiary/aromatic N) is 1. The van der Waals surface area contributed by atoms with E-state index < -0.39 is 0 Å². The number of rotatable bonds is 9. The SMILES string of the molecule is NCc1ccc(CNC(=O)c2ccc(CN3CCCCC3)c(NC(=O)Cc3cccs3)c2)cc1. The van der Waals surface area contributed by atoms with Crippen LogP contribution in [-0.4, -0.2) is 29.8 Å². The molecule has 0 aliphatic carbocycles. The third-order valence-electron chi connectivity index (χ3n) is 6.12. The number of carbonyl (C=O) groups is 2. The molecule has 0 saturated carbocycles. The van der Waals surface area contributed by atoms with Crippen LogP contribution in [0.4, 0.5) is 5.69 Å². The minimum atomic E-state index is -0.166. The zero-order valence-electron chi connectivity index (χ0n) is 19.4. The minimum absolute atomic E-state index is 0.0695. The van der Waals surface area contributed by atoms with Crippen LogP contribution in [0.1, 0.15) is 51.2 Å². The van der Waals surface area contributed by atoms with Crippen molar-refractivity contribution >= 4 is 28.8 Å². The van der Waals surface area contributed by atoms with Gasteiger partial charge in [-0.05, 0) is 66.2 Å². The van der Waals surface area contributed by atoms with Gasteiger partial charge in [0.1, 0.15) is 0 Å². The van der Waals surface area contributed by atoms with Gasteiger partial charge in [-0.25, -0.2) is 0 Å². The number of hydrogen-bond acceptors (Lipinski definition) is 5. The number of likely N-dealkylation sites (tertiary alicyclic amines) is 1. The number of piperidine rings is 1. The maximum absolute atomic E-state index is 12.9. The first-order valence-corrected chi connectivity index (χ1v) is 12.7. The number of hydrogen-bond donors (Lipinski definition) is 3. The van der Waals surface area contributed by atoms with Crippen molar-refractivity contribution in [1.29, 1.82) is 0 Å². The van der Waals surface area contributed by atoms with E-state index in [0.717, 1.165) is 41.2 Å². The lowest BCUT2D eigenvalue weighted by molar-refractivity contribution is -0.115. The molecule has 0 radical (unpaired) electrons. The molecule has 4 rings (SSSR count). The summed E-state index contributed by atoms with van der Waals surface area (Å²) in [5, 5.41) is 8.02. The Morgan fingerprint density at radius 3 is 2.44 bits per heavy atom. The lowest BCUT2D eigenvalue weighted by atomic mass is 10.0. The van der Waals surface area contributed by atoms with E-state index in [0.29, 0.717) is 30.8 Å². The highest BCUT2D eigenvalue weighted by atomic mass is 32.1. The topological polar surface area (TPSA) is 87.5 Å². The third-order valence-corrected chi connectivity index (χ3v) is 6.99. The summed E-state index contributed by atoms with van der Waals surface area (Å²) in [5.74, 6) is -0.235. The lowest BCUT2D eigenvalue weighted by Crippen LogP contribution is -2.30. The van der Waals surface area contributed by atoms with Gasteiger partial charge < -0.3 is 16.4 Å². The predicted molar refractivity (Wildman–Crippen MR) is 138 cm³/mol. The summed E-state index contributed by atoms with van der Waals surface area (Å²) in [6.45, 7) is 3.82. The first-order valence-electron chi connectivity index (χ1n) is 11.8. The Morgan fingerprint density at radius 1 is 0.971 bits per heavy atom. The standard InChI is InChI=1S/C27H32N4O2S/c28-17-20-6-8-21(9-7-20)18-29-27(33)22-10-11-23(19-31-12-2-1-3-13-31)25(15-22)30-26(32)16-24-5-4-14-34-24/h4-11,14-15H,1-3,12-13,16-19,28H2,(H,29,33)(H,30,32). The van der Waals surface area contributed by atoms with Crippen molar-refractivity contribution in [3.63, 3.8) is 0 Å². The molecule has 2 heterocycles. The number of amides is 2. The summed E-state index contributed by atoms with van der Waals surface area (Å²) in [7, 11) is 0. The molecule has 1 aliphatic heterocycles. The maximum atomic E-state index is 12.9. The summed E-state index contributed by atoms with van der Waals surface area (Å²) < 4.78 is 0. The highest BCUT2D eigenvalue weighted by Gasteiger charge is 2.16. The molecule has 0 unspecified atom stereocenters. The van der Waals surface area contributed by atoms with Crippen molar-refractivity contribution < 1.29 is 9.59 Å². The van der Waals surface area contributed by atoms with Gasteiger partial charge in [0, 0.05) is 35.8 Å². The number of nitrogens with two attached hydrogens (primary N) is 1. The molecule has 6 nitrogen and oxygen atoms in total. The Morgan fingerprint density at radius 2 is 1.74 bits per heavy atom. The zero-order chi connectivity index (χ0) is 23.8. The number of thiophene rings is 1. The van der Waals surface area contributed by atoms with E-state index in [2.05, 4.69) is 15.5 Å². The molecule has 2 aromatic carbocycles. The van der Waals surface area contributed by atoms with Crippen LogP contribution >= 0.6 is 11.3 Å². The van der Waals surface area contributed by atoms with Crippen LogP contribution in [0.3, 0.4) is 0 Å². The van der Waals surface area contributed by atoms with Crippen LogP contribution in [0.25, 0.3) is 0 Å². The van der Waals surface area contributed by atoms with E-state index in [1.807, 2.05) is 53.9 Å². The number of benzene rings is 2. The van der Waals surface area contributed by atoms with Gasteiger partial charge in [0.15, 0.2) is 0 Å². The first-order chi connectivity index (χ1) is 16.6. The van der Waals surface area contributed by atoms with E-state index in [1.54, 1.807) is 17.4 Å². The minimum Gasteiger partial charge on any atom is -0.348 e. The van der Waals surface area contributed by atoms with Crippen LogP contribution in [-0.2, 0) is 30.8 Å². The highest BCUT2D eigenvalue weighted by Crippen LogP contribution is 2.23. The van der Waals surface area contributed by atoms with Gasteiger partial charge >= 0.3 is 0 Å². The van der Waals surface area contributed by atoms with Crippen molar-refractivity contribution in [3.8, 4) is 0 Å². The van der Waals surface area contributed by atoms with Crippen LogP contribution < -0.4 is 16.4 Å². The fourth-order valence-corrected chi connectivity index (χ4v) is 4.88. The molecule has 0 atom stereocenters. The van der Waals surface area contributed by atoms with Crippen LogP contribution in [0.5, 0.6) is 0 Å². The monoisotopic (exact) mass is 476 g/mol. The fourth-order valence-electron chi connectivity index (χ4n) is 4.17. The molecule has 4 N–H and O–H groups in total. The molecule has 3 aromatic rings. The second kappa shape index (κ2) is 11.9. The summed E-state index contributed by atoms with van der Waals surface area (Å²) in [6.07, 6.45) is 4.00. The van der Waals surface area contributed by atoms with Crippen LogP contribution in [0.2, 0.25) is 0 Å². The van der Waals surface area contributed by atoms with Gasteiger partial charge in [-0.1, -0.05) is 42.8 Å². The molecular weight excluding hydrogens is 444 g/mol. The second-order valence-corrected chi connectivity index (χ2v) is 9.75. The Bertz CT molecular complexity index is 1090. The lowest BCUT2D eigenvalue weighted by Gasteiger charge is -2.27. The van der Waals surface area contributed by atoms with Crippen molar-refractivity contribution in [1.82, 2.24) is 10.2 Å². The van der Waals surface area contributed by atoms with Gasteiger partial charge in [-0.2, -0.15) is 0 Å². The van der Waals surface area contributed by atoms with Crippen molar-refractivity contribution in [3.05, 3.63) is 87.1 Å². The average Bonchev–Trinajstić information content (AvgIpc) is 3.37. The Labute approximate surface area is 205 Å². The van der Waals surface area contributed by atoms with Gasteiger partial charge in [0.05, 0.1) is 6.42 Å². The van der Waals surface area contributed by atoms with Crippen molar-refractivity contribution in [2.75, 3.05) is 18.4 Å². The quantitative estimate of drug-likeness (QED) is 0.430. The number of nitrogens with one attached hydrogen (secondary N) is 2. The molecular formula is C27H32N4O2S. The fraction of sp³-hybridized carbons (Fsp3) is 0.333. The Kier molecular flexibility index (Phi) is 8.46. The molecule has 1 aliphatic rings. The molecule has 1 aromatic heterocycles. The normalized spacial score (nSPS) is 14.0. The second-order valence-electron chi connectivity index (χ2n) is 8.72. The average molecular weight is 477 g/mol. The van der Waals surface area contributed by atoms with Gasteiger partial charge in [-0.3, -0.25) is 14.5 Å². The molecule has 178 valence electrons. The van der Waals surface area contributed by atoms with E-state index >= 15 is 0 Å². The molecule has 7 heteroatoms. The molecule has 0 spiro atoms. The summed E-state index contributed by atoms with van der Waals surface area (Å²) in [6, 6.07) is 17.4. The van der Waals surface area contributed by atoms with Gasteiger partial charge in [0.25, 0.3) is 5.91 Å². The molecule has 34 heavy (non-hydrogen) atoms. The van der Waals surface area contributed by atoms with Gasteiger partial charge in [0.2, 0.25) is 5.91 Å². The number of anilines is 1. The van der Waals surface area contributed by atoms with Crippen LogP contribution in [0, 0.1) is 0 Å². The van der Waals surface area contributed by atoms with E-state index in [9.17, 15) is 9.59 Å². The maximum Gasteiger partial charge on any atom is 0.251 e. The first kappa shape index (κ1) is 24.1. The molecule has 2 amide bonds. The highest BCUT2D eigenvalue weighted by molar-refractivity contribution is 7.10. The molecule has 1 fully saturated rings. The zero-order valence-corrected chi connectivity index (χ0v) is 20.2. The molecule has 0 bridgehead atoms. The van der Waals surface area contributed by atoms with Crippen LogP contribution in [0.15, 0.2) is 60.0 Å². The van der Waals surface area contributed by atoms with E-state index in [1.165, 1.54) is 19.3 Å². The summed E-state index contributed by atoms with van der Waals surface area (Å²) in [4.78, 5) is 29.1. The Balaban J connectivity index is 1.47. The summed E-state index contributed by atoms with van der Waals surface area (Å²) in [5.41, 5.74) is 10.0. The van der Waals surface area contributed by atoms with Gasteiger partial charge in [-0.15, -0.1) is 11.3 Å². The largest absolute Gasteiger partial charge is 0.348 e. The molecule has 1 saturated heterocycles. The number of carbonyl (C=O) groups excluding carboxylic acids is 2. The van der Waals surface area contributed by atoms with Crippen molar-refractivity contribution in [2.45, 2.75) is 45.3 Å². The van der Waals surface area contributed by atoms with Crippen molar-refractivity contribution in [2.24, 2.45) is 5.73 Å². The Hall–Kier alpha value is -3.00. The van der Waals surface area contributed by atoms with E-state index in [-0.39, 0.29) is 11.8 Å².